The van der Waals surface area contributed by atoms with Crippen molar-refractivity contribution in [1.29, 1.82) is 0 Å². The van der Waals surface area contributed by atoms with Crippen LogP contribution in [0.3, 0.4) is 0 Å². The van der Waals surface area contributed by atoms with Crippen molar-refractivity contribution in [3.05, 3.63) is 71.7 Å². The number of halogens is 1. The molecule has 0 atom stereocenters. The predicted octanol–water partition coefficient (Wildman–Crippen LogP) is 5.11. The molecule has 0 aliphatic carbocycles. The van der Waals surface area contributed by atoms with Gasteiger partial charge in [-0.1, -0.05) is 29.5 Å². The molecule has 2 aromatic heterocycles. The largest absolute Gasteiger partial charge is 0.480 e. The molecule has 168 valence electrons. The van der Waals surface area contributed by atoms with Gasteiger partial charge in [-0.15, -0.1) is 0 Å². The highest BCUT2D eigenvalue weighted by Crippen LogP contribution is 2.33. The van der Waals surface area contributed by atoms with Crippen LogP contribution in [0.2, 0.25) is 0 Å². The van der Waals surface area contributed by atoms with Crippen molar-refractivity contribution in [2.24, 2.45) is 0 Å². The van der Waals surface area contributed by atoms with Crippen LogP contribution in [0.1, 0.15) is 34.7 Å². The molecule has 1 fully saturated rings. The molecule has 0 bridgehead atoms. The third-order valence-electron chi connectivity index (χ3n) is 6.14. The van der Waals surface area contributed by atoms with Gasteiger partial charge in [-0.05, 0) is 60.2 Å². The average molecular weight is 463 g/mol. The lowest BCUT2D eigenvalue weighted by atomic mass is 9.89. The molecular formula is C25H23FN4O2S. The van der Waals surface area contributed by atoms with Crippen LogP contribution in [0, 0.1) is 5.82 Å². The first-order valence-electron chi connectivity index (χ1n) is 10.8. The molecule has 0 radical (unpaired) electrons. The number of anilines is 1. The second kappa shape index (κ2) is 8.78. The fourth-order valence-electron chi connectivity index (χ4n) is 4.37. The number of fused-ring (bicyclic) bond motifs is 1. The molecule has 0 spiro atoms. The van der Waals surface area contributed by atoms with Crippen LogP contribution in [-0.4, -0.2) is 41.0 Å². The first-order valence-corrected chi connectivity index (χ1v) is 11.6. The molecule has 1 aliphatic heterocycles. The zero-order valence-electron chi connectivity index (χ0n) is 18.1. The molecule has 1 aliphatic rings. The quantitative estimate of drug-likeness (QED) is 0.456. The molecule has 1 amide bonds. The summed E-state index contributed by atoms with van der Waals surface area (Å²) in [5, 5.41) is 0.523. The third-order valence-corrected chi connectivity index (χ3v) is 6.98. The van der Waals surface area contributed by atoms with Gasteiger partial charge in [0.2, 0.25) is 5.88 Å². The maximum absolute atomic E-state index is 13.4. The van der Waals surface area contributed by atoms with Crippen LogP contribution in [0.25, 0.3) is 21.3 Å². The molecule has 8 heteroatoms. The molecule has 33 heavy (non-hydrogen) atoms. The summed E-state index contributed by atoms with van der Waals surface area (Å²) in [7, 11) is 1.52. The molecule has 6 nitrogen and oxygen atoms in total. The Labute approximate surface area is 194 Å². The summed E-state index contributed by atoms with van der Waals surface area (Å²) in [5.41, 5.74) is 10.0. The fraction of sp³-hybridized carbons (Fsp3) is 0.240. The summed E-state index contributed by atoms with van der Waals surface area (Å²) < 4.78 is 19.6. The maximum Gasteiger partial charge on any atom is 0.259 e. The van der Waals surface area contributed by atoms with Gasteiger partial charge in [-0.2, -0.15) is 0 Å². The molecule has 0 unspecified atom stereocenters. The molecule has 1 saturated heterocycles. The van der Waals surface area contributed by atoms with Gasteiger partial charge in [-0.25, -0.2) is 14.4 Å². The number of hydrogen-bond acceptors (Lipinski definition) is 6. The highest BCUT2D eigenvalue weighted by Gasteiger charge is 2.27. The van der Waals surface area contributed by atoms with Crippen molar-refractivity contribution in [2.75, 3.05) is 25.9 Å². The van der Waals surface area contributed by atoms with Gasteiger partial charge in [0.15, 0.2) is 5.13 Å². The predicted molar refractivity (Wildman–Crippen MR) is 128 cm³/mol. The summed E-state index contributed by atoms with van der Waals surface area (Å²) in [6, 6.07) is 14.4. The zero-order chi connectivity index (χ0) is 22.9. The Morgan fingerprint density at radius 3 is 2.61 bits per heavy atom. The fourth-order valence-corrected chi connectivity index (χ4v) is 5.14. The Hall–Kier alpha value is -3.52. The van der Waals surface area contributed by atoms with E-state index in [1.54, 1.807) is 6.20 Å². The van der Waals surface area contributed by atoms with E-state index in [1.807, 2.05) is 41.3 Å². The standard InChI is InChI=1S/C25H23FN4O2S/c1-32-23-20(12-18(14-28-23)17-4-7-21-22(13-17)33-25(27)29-21)24(31)30-10-8-16(9-11-30)15-2-5-19(26)6-3-15/h2-7,12-14,16H,8-11H2,1H3,(H2,27,29). The molecule has 2 N–H and O–H groups in total. The number of nitrogen functional groups attached to an aromatic ring is 1. The summed E-state index contributed by atoms with van der Waals surface area (Å²) in [5.74, 6) is 0.303. The summed E-state index contributed by atoms with van der Waals surface area (Å²) in [6.07, 6.45) is 3.37. The maximum atomic E-state index is 13.4. The number of benzene rings is 2. The lowest BCUT2D eigenvalue weighted by Crippen LogP contribution is -2.38. The number of methoxy groups -OCH3 is 1. The average Bonchev–Trinajstić information content (AvgIpc) is 3.23. The monoisotopic (exact) mass is 462 g/mol. The van der Waals surface area contributed by atoms with Crippen LogP contribution in [-0.2, 0) is 0 Å². The van der Waals surface area contributed by atoms with Crippen molar-refractivity contribution in [3.8, 4) is 17.0 Å². The number of likely N-dealkylation sites (tertiary alicyclic amines) is 1. The molecule has 5 rings (SSSR count). The van der Waals surface area contributed by atoms with Crippen molar-refractivity contribution in [3.63, 3.8) is 0 Å². The number of ether oxygens (including phenoxy) is 1. The second-order valence-corrected chi connectivity index (χ2v) is 9.20. The lowest BCUT2D eigenvalue weighted by Gasteiger charge is -2.32. The number of piperidine rings is 1. The zero-order valence-corrected chi connectivity index (χ0v) is 18.9. The summed E-state index contributed by atoms with van der Waals surface area (Å²) in [4.78, 5) is 23.9. The number of carbonyl (C=O) groups excluding carboxylic acids is 1. The lowest BCUT2D eigenvalue weighted by molar-refractivity contribution is 0.0709. The first kappa shape index (κ1) is 21.3. The Morgan fingerprint density at radius 1 is 1.12 bits per heavy atom. The molecule has 2 aromatic carbocycles. The van der Waals surface area contributed by atoms with Crippen molar-refractivity contribution in [2.45, 2.75) is 18.8 Å². The topological polar surface area (TPSA) is 81.3 Å². The Kier molecular flexibility index (Phi) is 5.68. The van der Waals surface area contributed by atoms with E-state index in [9.17, 15) is 9.18 Å². The molecule has 3 heterocycles. The Bertz CT molecular complexity index is 1310. The van der Waals surface area contributed by atoms with Gasteiger partial charge in [0.1, 0.15) is 11.4 Å². The smallest absolute Gasteiger partial charge is 0.259 e. The third kappa shape index (κ3) is 4.26. The highest BCUT2D eigenvalue weighted by atomic mass is 32.1. The van der Waals surface area contributed by atoms with E-state index in [-0.39, 0.29) is 11.7 Å². The number of nitrogens with zero attached hydrogens (tertiary/aromatic N) is 3. The van der Waals surface area contributed by atoms with E-state index in [0.29, 0.717) is 35.6 Å². The van der Waals surface area contributed by atoms with Crippen molar-refractivity contribution in [1.82, 2.24) is 14.9 Å². The van der Waals surface area contributed by atoms with Crippen LogP contribution in [0.5, 0.6) is 5.88 Å². The number of pyridine rings is 1. The Morgan fingerprint density at radius 2 is 1.88 bits per heavy atom. The van der Waals surface area contributed by atoms with Gasteiger partial charge in [0.25, 0.3) is 5.91 Å². The number of amides is 1. The summed E-state index contributed by atoms with van der Waals surface area (Å²) in [6.45, 7) is 1.25. The minimum Gasteiger partial charge on any atom is -0.480 e. The number of rotatable bonds is 4. The van der Waals surface area contributed by atoms with E-state index in [0.717, 1.165) is 39.7 Å². The van der Waals surface area contributed by atoms with Crippen molar-refractivity contribution < 1.29 is 13.9 Å². The Balaban J connectivity index is 1.37. The van der Waals surface area contributed by atoms with Gasteiger partial charge in [-0.3, -0.25) is 4.79 Å². The van der Waals surface area contributed by atoms with Gasteiger partial charge >= 0.3 is 0 Å². The molecule has 0 saturated carbocycles. The SMILES string of the molecule is COc1ncc(-c2ccc3nc(N)sc3c2)cc1C(=O)N1CCC(c2ccc(F)cc2)CC1. The number of nitrogens with two attached hydrogens (primary N) is 1. The van der Waals surface area contributed by atoms with E-state index in [2.05, 4.69) is 9.97 Å². The van der Waals surface area contributed by atoms with Crippen LogP contribution in [0.15, 0.2) is 54.7 Å². The number of thiazole rings is 1. The second-order valence-electron chi connectivity index (χ2n) is 8.13. The number of carbonyl (C=O) groups is 1. The van der Waals surface area contributed by atoms with Crippen LogP contribution < -0.4 is 10.5 Å². The number of hydrogen-bond donors (Lipinski definition) is 1. The first-order chi connectivity index (χ1) is 16.0. The van der Waals surface area contributed by atoms with Gasteiger partial charge in [0.05, 0.1) is 17.3 Å². The molecule has 4 aromatic rings. The van der Waals surface area contributed by atoms with E-state index >= 15 is 0 Å². The number of aromatic nitrogens is 2. The van der Waals surface area contributed by atoms with E-state index in [4.69, 9.17) is 10.5 Å². The minimum atomic E-state index is -0.233. The van der Waals surface area contributed by atoms with Crippen LogP contribution in [0.4, 0.5) is 9.52 Å². The normalized spacial score (nSPS) is 14.5. The van der Waals surface area contributed by atoms with E-state index < -0.39 is 0 Å². The van der Waals surface area contributed by atoms with Gasteiger partial charge < -0.3 is 15.4 Å². The van der Waals surface area contributed by atoms with Crippen molar-refractivity contribution >= 4 is 32.6 Å². The summed E-state index contributed by atoms with van der Waals surface area (Å²) >= 11 is 1.43. The van der Waals surface area contributed by atoms with E-state index in [1.165, 1.54) is 30.6 Å². The van der Waals surface area contributed by atoms with Gasteiger partial charge in [0, 0.05) is 24.8 Å². The molecular weight excluding hydrogens is 439 g/mol. The minimum absolute atomic E-state index is 0.0955. The van der Waals surface area contributed by atoms with Crippen LogP contribution >= 0.6 is 11.3 Å². The highest BCUT2D eigenvalue weighted by molar-refractivity contribution is 7.22.